The van der Waals surface area contributed by atoms with E-state index in [-0.39, 0.29) is 10.6 Å². The van der Waals surface area contributed by atoms with Crippen molar-refractivity contribution in [1.82, 2.24) is 15.3 Å². The summed E-state index contributed by atoms with van der Waals surface area (Å²) in [5.41, 5.74) is 2.18. The molecule has 2 aromatic heterocycles. The van der Waals surface area contributed by atoms with Crippen LogP contribution in [0.3, 0.4) is 0 Å². The number of ether oxygens (including phenoxy) is 1. The summed E-state index contributed by atoms with van der Waals surface area (Å²) in [6, 6.07) is 16.8. The Bertz CT molecular complexity index is 1310. The van der Waals surface area contributed by atoms with Gasteiger partial charge in [-0.2, -0.15) is 0 Å². The zero-order valence-corrected chi connectivity index (χ0v) is 17.6. The third-order valence-electron chi connectivity index (χ3n) is 4.88. The van der Waals surface area contributed by atoms with Crippen LogP contribution in [0, 0.1) is 5.82 Å². The molecular formula is C24H17ClFN3O3. The molecule has 4 aromatic rings. The lowest BCUT2D eigenvalue weighted by Crippen LogP contribution is -2.34. The molecule has 0 bridgehead atoms. The summed E-state index contributed by atoms with van der Waals surface area (Å²) < 4.78 is 18.8. The van der Waals surface area contributed by atoms with E-state index in [1.54, 1.807) is 42.6 Å². The molecule has 2 aromatic carbocycles. The van der Waals surface area contributed by atoms with Gasteiger partial charge in [0.15, 0.2) is 6.04 Å². The molecular weight excluding hydrogens is 433 g/mol. The number of fused-ring (bicyclic) bond motifs is 1. The van der Waals surface area contributed by atoms with Crippen LogP contribution in [-0.4, -0.2) is 29.0 Å². The molecule has 0 fully saturated rings. The van der Waals surface area contributed by atoms with Crippen LogP contribution in [0.1, 0.15) is 22.0 Å². The summed E-state index contributed by atoms with van der Waals surface area (Å²) in [5, 5.41) is 3.15. The molecule has 8 heteroatoms. The molecule has 32 heavy (non-hydrogen) atoms. The van der Waals surface area contributed by atoms with Crippen LogP contribution >= 0.6 is 11.6 Å². The molecule has 160 valence electrons. The number of nitrogens with one attached hydrogen (secondary N) is 1. The Morgan fingerprint density at radius 2 is 1.81 bits per heavy atom. The molecule has 0 spiro atoms. The zero-order valence-electron chi connectivity index (χ0n) is 16.9. The number of methoxy groups -OCH3 is 1. The maximum atomic E-state index is 14.0. The quantitative estimate of drug-likeness (QED) is 0.445. The number of amides is 1. The van der Waals surface area contributed by atoms with Crippen LogP contribution in [0.4, 0.5) is 4.39 Å². The molecule has 1 N–H and O–H groups in total. The summed E-state index contributed by atoms with van der Waals surface area (Å²) >= 11 is 5.75. The van der Waals surface area contributed by atoms with Crippen molar-refractivity contribution in [2.24, 2.45) is 0 Å². The molecule has 0 aliphatic carbocycles. The topological polar surface area (TPSA) is 81.2 Å². The number of esters is 1. The van der Waals surface area contributed by atoms with Crippen molar-refractivity contribution < 1.29 is 18.7 Å². The summed E-state index contributed by atoms with van der Waals surface area (Å²) in [4.78, 5) is 34.6. The number of halogens is 2. The second kappa shape index (κ2) is 9.11. The van der Waals surface area contributed by atoms with Gasteiger partial charge in [-0.15, -0.1) is 0 Å². The van der Waals surface area contributed by atoms with Gasteiger partial charge >= 0.3 is 5.97 Å². The first-order valence-corrected chi connectivity index (χ1v) is 10.0. The van der Waals surface area contributed by atoms with E-state index in [0.29, 0.717) is 27.9 Å². The van der Waals surface area contributed by atoms with E-state index in [4.69, 9.17) is 16.3 Å². The van der Waals surface area contributed by atoms with Crippen molar-refractivity contribution in [2.45, 2.75) is 6.04 Å². The van der Waals surface area contributed by atoms with Gasteiger partial charge in [-0.1, -0.05) is 41.9 Å². The lowest BCUT2D eigenvalue weighted by atomic mass is 10.0. The molecule has 1 unspecified atom stereocenters. The summed E-state index contributed by atoms with van der Waals surface area (Å²) in [7, 11) is 1.19. The number of pyridine rings is 2. The monoisotopic (exact) mass is 449 g/mol. The molecule has 0 radical (unpaired) electrons. The lowest BCUT2D eigenvalue weighted by Gasteiger charge is -2.18. The Morgan fingerprint density at radius 1 is 1.03 bits per heavy atom. The normalized spacial score (nSPS) is 11.7. The molecule has 0 saturated carbocycles. The zero-order chi connectivity index (χ0) is 22.7. The minimum Gasteiger partial charge on any atom is -0.467 e. The molecule has 1 atom stereocenters. The average Bonchev–Trinajstić information content (AvgIpc) is 2.83. The second-order valence-electron chi connectivity index (χ2n) is 6.89. The van der Waals surface area contributed by atoms with Crippen LogP contribution in [0.5, 0.6) is 0 Å². The molecule has 6 nitrogen and oxygen atoms in total. The van der Waals surface area contributed by atoms with E-state index in [1.165, 1.54) is 19.2 Å². The molecule has 0 aliphatic rings. The van der Waals surface area contributed by atoms with Gasteiger partial charge in [0.05, 0.1) is 34.6 Å². The fourth-order valence-electron chi connectivity index (χ4n) is 3.31. The first-order valence-electron chi connectivity index (χ1n) is 9.63. The molecule has 0 aliphatic heterocycles. The summed E-state index contributed by atoms with van der Waals surface area (Å²) in [6.07, 6.45) is 1.63. The fraction of sp³-hybridized carbons (Fsp3) is 0.0833. The number of carbonyl (C=O) groups is 2. The van der Waals surface area contributed by atoms with Gasteiger partial charge in [0.25, 0.3) is 5.91 Å². The van der Waals surface area contributed by atoms with Gasteiger partial charge in [0.1, 0.15) is 5.82 Å². The van der Waals surface area contributed by atoms with E-state index in [9.17, 15) is 14.0 Å². The third kappa shape index (κ3) is 4.29. The largest absolute Gasteiger partial charge is 0.467 e. The number of para-hydroxylation sites is 1. The maximum absolute atomic E-state index is 14.0. The van der Waals surface area contributed by atoms with Gasteiger partial charge in [-0.25, -0.2) is 14.2 Å². The molecule has 0 saturated heterocycles. The smallest absolute Gasteiger partial charge is 0.333 e. The van der Waals surface area contributed by atoms with E-state index >= 15 is 0 Å². The minimum absolute atomic E-state index is 0.0937. The van der Waals surface area contributed by atoms with E-state index in [2.05, 4.69) is 15.3 Å². The summed E-state index contributed by atoms with van der Waals surface area (Å²) in [5.74, 6) is -2.01. The number of benzene rings is 2. The van der Waals surface area contributed by atoms with Crippen molar-refractivity contribution in [3.63, 3.8) is 0 Å². The average molecular weight is 450 g/mol. The Labute approximate surface area is 188 Å². The van der Waals surface area contributed by atoms with E-state index in [0.717, 1.165) is 6.07 Å². The van der Waals surface area contributed by atoms with Crippen LogP contribution in [0.2, 0.25) is 5.02 Å². The first-order chi connectivity index (χ1) is 15.5. The number of rotatable bonds is 5. The second-order valence-corrected chi connectivity index (χ2v) is 7.30. The summed E-state index contributed by atoms with van der Waals surface area (Å²) in [6.45, 7) is 0. The predicted octanol–water partition coefficient (Wildman–Crippen LogP) is 4.73. The van der Waals surface area contributed by atoms with Gasteiger partial charge in [0, 0.05) is 11.6 Å². The number of aromatic nitrogens is 2. The Balaban J connectivity index is 1.77. The highest BCUT2D eigenvalue weighted by atomic mass is 35.5. The standard InChI is InChI=1S/C24H17ClFN3O3/c1-32-24(31)22(14-9-10-17(25)18(26)12-14)29-23(30)16-13-21(20-8-4-5-11-27-20)28-19-7-3-2-6-15(16)19/h2-13,22H,1H3,(H,29,30). The maximum Gasteiger partial charge on any atom is 0.333 e. The van der Waals surface area contributed by atoms with Crippen LogP contribution < -0.4 is 5.32 Å². The van der Waals surface area contributed by atoms with Crippen molar-refractivity contribution in [3.8, 4) is 11.4 Å². The van der Waals surface area contributed by atoms with Crippen molar-refractivity contribution in [3.05, 3.63) is 94.9 Å². The highest BCUT2D eigenvalue weighted by Crippen LogP contribution is 2.26. The van der Waals surface area contributed by atoms with Crippen LogP contribution in [-0.2, 0) is 9.53 Å². The Kier molecular flexibility index (Phi) is 6.09. The highest BCUT2D eigenvalue weighted by molar-refractivity contribution is 6.30. The van der Waals surface area contributed by atoms with Crippen LogP contribution in [0.25, 0.3) is 22.3 Å². The molecule has 4 rings (SSSR count). The third-order valence-corrected chi connectivity index (χ3v) is 5.18. The predicted molar refractivity (Wildman–Crippen MR) is 119 cm³/mol. The number of nitrogens with zero attached hydrogens (tertiary/aromatic N) is 2. The van der Waals surface area contributed by atoms with Crippen molar-refractivity contribution >= 4 is 34.4 Å². The number of hydrogen-bond donors (Lipinski definition) is 1. The van der Waals surface area contributed by atoms with Gasteiger partial charge in [-0.3, -0.25) is 9.78 Å². The first kappa shape index (κ1) is 21.4. The van der Waals surface area contributed by atoms with Gasteiger partial charge < -0.3 is 10.1 Å². The lowest BCUT2D eigenvalue weighted by molar-refractivity contribution is -0.143. The van der Waals surface area contributed by atoms with Crippen molar-refractivity contribution in [2.75, 3.05) is 7.11 Å². The number of carbonyl (C=O) groups excluding carboxylic acids is 2. The van der Waals surface area contributed by atoms with Gasteiger partial charge in [0.2, 0.25) is 0 Å². The highest BCUT2D eigenvalue weighted by Gasteiger charge is 2.26. The van der Waals surface area contributed by atoms with Gasteiger partial charge in [-0.05, 0) is 42.0 Å². The molecule has 1 amide bonds. The fourth-order valence-corrected chi connectivity index (χ4v) is 3.42. The van der Waals surface area contributed by atoms with E-state index in [1.807, 2.05) is 12.1 Å². The van der Waals surface area contributed by atoms with E-state index < -0.39 is 23.7 Å². The Hall–Kier alpha value is -3.84. The Morgan fingerprint density at radius 3 is 2.53 bits per heavy atom. The van der Waals surface area contributed by atoms with Crippen LogP contribution in [0.15, 0.2) is 72.9 Å². The SMILES string of the molecule is COC(=O)C(NC(=O)c1cc(-c2ccccn2)nc2ccccc12)c1ccc(Cl)c(F)c1. The minimum atomic E-state index is -1.23. The van der Waals surface area contributed by atoms with Crippen molar-refractivity contribution in [1.29, 1.82) is 0 Å². The number of hydrogen-bond acceptors (Lipinski definition) is 5. The molecule has 2 heterocycles.